The normalized spacial score (nSPS) is 11.9. The lowest BCUT2D eigenvalue weighted by atomic mass is 9.99. The zero-order chi connectivity index (χ0) is 30.4. The molecule has 3 aromatic carbocycles. The largest absolute Gasteiger partial charge is 0.465 e. The Morgan fingerprint density at radius 1 is 0.905 bits per heavy atom. The summed E-state index contributed by atoms with van der Waals surface area (Å²) in [5.41, 5.74) is 2.07. The third-order valence-corrected chi connectivity index (χ3v) is 6.28. The maximum Gasteiger partial charge on any atom is 0.338 e. The van der Waals surface area contributed by atoms with Gasteiger partial charge in [-0.25, -0.2) is 14.3 Å². The van der Waals surface area contributed by atoms with Crippen LogP contribution in [0.15, 0.2) is 72.8 Å². The molecule has 1 aromatic heterocycles. The molecule has 0 radical (unpaired) electrons. The Kier molecular flexibility index (Phi) is 8.99. The van der Waals surface area contributed by atoms with Crippen molar-refractivity contribution >= 4 is 40.5 Å². The number of fused-ring (bicyclic) bond motifs is 1. The highest BCUT2D eigenvalue weighted by Crippen LogP contribution is 2.30. The summed E-state index contributed by atoms with van der Waals surface area (Å²) in [4.78, 5) is 53.8. The fourth-order valence-corrected chi connectivity index (χ4v) is 4.42. The van der Waals surface area contributed by atoms with E-state index >= 15 is 0 Å². The summed E-state index contributed by atoms with van der Waals surface area (Å²) < 4.78 is 11.4. The third kappa shape index (κ3) is 6.80. The van der Waals surface area contributed by atoms with Gasteiger partial charge in [-0.05, 0) is 81.8 Å². The topological polar surface area (TPSA) is 133 Å². The first-order valence-corrected chi connectivity index (χ1v) is 13.4. The van der Waals surface area contributed by atoms with Gasteiger partial charge in [0.1, 0.15) is 18.1 Å². The molecule has 0 spiro atoms. The summed E-state index contributed by atoms with van der Waals surface area (Å²) >= 11 is 0. The summed E-state index contributed by atoms with van der Waals surface area (Å²) in [6.07, 6.45) is 0. The maximum atomic E-state index is 14.2. The van der Waals surface area contributed by atoms with Gasteiger partial charge >= 0.3 is 11.9 Å². The van der Waals surface area contributed by atoms with Crippen LogP contribution in [0.25, 0.3) is 11.0 Å². The molecular formula is C31H33N5O6. The molecule has 4 aromatic rings. The zero-order valence-electron chi connectivity index (χ0n) is 24.2. The fraction of sp³-hybridized carbons (Fsp3) is 0.290. The second-order valence-electron chi connectivity index (χ2n) is 10.5. The number of carbonyl (C=O) groups excluding carboxylic acids is 4. The summed E-state index contributed by atoms with van der Waals surface area (Å²) in [5.74, 6) is -1.94. The van der Waals surface area contributed by atoms with Crippen LogP contribution in [0.5, 0.6) is 0 Å². The van der Waals surface area contributed by atoms with Gasteiger partial charge in [-0.15, -0.1) is 5.10 Å². The minimum Gasteiger partial charge on any atom is -0.465 e. The predicted molar refractivity (Wildman–Crippen MR) is 156 cm³/mol. The van der Waals surface area contributed by atoms with Crippen molar-refractivity contribution in [2.45, 2.75) is 45.8 Å². The molecule has 0 bridgehead atoms. The van der Waals surface area contributed by atoms with Crippen LogP contribution >= 0.6 is 0 Å². The molecule has 0 aliphatic carbocycles. The van der Waals surface area contributed by atoms with E-state index in [1.165, 1.54) is 41.0 Å². The number of para-hydroxylation sites is 1. The van der Waals surface area contributed by atoms with Crippen molar-refractivity contribution in [3.63, 3.8) is 0 Å². The minimum atomic E-state index is -1.15. The number of methoxy groups -OCH3 is 1. The van der Waals surface area contributed by atoms with Gasteiger partial charge < -0.3 is 14.8 Å². The number of ether oxygens (including phenoxy) is 2. The summed E-state index contributed by atoms with van der Waals surface area (Å²) in [6, 6.07) is 18.6. The fourth-order valence-electron chi connectivity index (χ4n) is 4.42. The molecule has 2 amide bonds. The predicted octanol–water partition coefficient (Wildman–Crippen LogP) is 4.08. The minimum absolute atomic E-state index is 0.216. The smallest absolute Gasteiger partial charge is 0.338 e. The van der Waals surface area contributed by atoms with Crippen LogP contribution in [0.4, 0.5) is 5.69 Å². The van der Waals surface area contributed by atoms with Crippen LogP contribution in [-0.2, 0) is 25.6 Å². The number of hydrogen-bond acceptors (Lipinski definition) is 8. The number of aromatic nitrogens is 3. The second kappa shape index (κ2) is 12.6. The van der Waals surface area contributed by atoms with Crippen molar-refractivity contribution in [2.24, 2.45) is 0 Å². The Balaban J connectivity index is 1.83. The van der Waals surface area contributed by atoms with E-state index in [4.69, 9.17) is 9.47 Å². The molecule has 1 N–H and O–H groups in total. The van der Waals surface area contributed by atoms with Crippen molar-refractivity contribution in [3.05, 3.63) is 89.5 Å². The van der Waals surface area contributed by atoms with Crippen LogP contribution in [0, 0.1) is 0 Å². The summed E-state index contributed by atoms with van der Waals surface area (Å²) in [6.45, 7) is 7.22. The monoisotopic (exact) mass is 571 g/mol. The Morgan fingerprint density at radius 2 is 1.52 bits per heavy atom. The Bertz CT molecular complexity index is 1590. The molecule has 0 unspecified atom stereocenters. The number of hydrogen-bond donors (Lipinski definition) is 1. The number of amides is 2. The molecule has 1 heterocycles. The molecule has 0 saturated heterocycles. The molecule has 11 nitrogen and oxygen atoms in total. The average Bonchev–Trinajstić information content (AvgIpc) is 3.37. The first kappa shape index (κ1) is 29.9. The quantitative estimate of drug-likeness (QED) is 0.297. The lowest BCUT2D eigenvalue weighted by Crippen LogP contribution is -2.50. The van der Waals surface area contributed by atoms with E-state index in [0.717, 1.165) is 0 Å². The van der Waals surface area contributed by atoms with E-state index in [1.54, 1.807) is 43.3 Å². The number of esters is 2. The van der Waals surface area contributed by atoms with Gasteiger partial charge in [0.05, 0.1) is 30.4 Å². The van der Waals surface area contributed by atoms with Gasteiger partial charge in [-0.2, -0.15) is 0 Å². The molecule has 0 aliphatic rings. The zero-order valence-corrected chi connectivity index (χ0v) is 24.2. The first-order valence-electron chi connectivity index (χ1n) is 13.4. The van der Waals surface area contributed by atoms with Crippen molar-refractivity contribution < 1.29 is 28.7 Å². The Labute approximate surface area is 243 Å². The van der Waals surface area contributed by atoms with Gasteiger partial charge in [-0.3, -0.25) is 14.5 Å². The van der Waals surface area contributed by atoms with Crippen LogP contribution < -0.4 is 10.2 Å². The summed E-state index contributed by atoms with van der Waals surface area (Å²) in [5, 5.41) is 11.3. The van der Waals surface area contributed by atoms with Crippen LogP contribution in [0.3, 0.4) is 0 Å². The van der Waals surface area contributed by atoms with Crippen molar-refractivity contribution in [3.8, 4) is 0 Å². The maximum absolute atomic E-state index is 14.2. The average molecular weight is 572 g/mol. The van der Waals surface area contributed by atoms with Crippen LogP contribution in [0.2, 0.25) is 0 Å². The highest BCUT2D eigenvalue weighted by atomic mass is 16.5. The molecule has 0 fully saturated rings. The van der Waals surface area contributed by atoms with Gasteiger partial charge in [0, 0.05) is 11.2 Å². The summed E-state index contributed by atoms with van der Waals surface area (Å²) in [7, 11) is 1.28. The van der Waals surface area contributed by atoms with E-state index in [0.29, 0.717) is 33.4 Å². The highest BCUT2D eigenvalue weighted by molar-refractivity contribution is 6.02. The Hall–Kier alpha value is -5.06. The van der Waals surface area contributed by atoms with Crippen molar-refractivity contribution in [1.82, 2.24) is 20.3 Å². The number of anilines is 1. The third-order valence-electron chi connectivity index (χ3n) is 6.28. The molecule has 0 saturated carbocycles. The molecule has 1 atom stereocenters. The van der Waals surface area contributed by atoms with Crippen molar-refractivity contribution in [1.29, 1.82) is 0 Å². The van der Waals surface area contributed by atoms with E-state index in [9.17, 15) is 19.2 Å². The van der Waals surface area contributed by atoms with E-state index in [1.807, 2.05) is 32.9 Å². The number of carbonyl (C=O) groups is 4. The molecule has 218 valence electrons. The van der Waals surface area contributed by atoms with E-state index in [2.05, 4.69) is 15.6 Å². The number of nitrogens with one attached hydrogen (secondary N) is 1. The number of rotatable bonds is 9. The highest BCUT2D eigenvalue weighted by Gasteiger charge is 2.35. The van der Waals surface area contributed by atoms with E-state index in [-0.39, 0.29) is 13.2 Å². The van der Waals surface area contributed by atoms with Crippen LogP contribution in [0.1, 0.15) is 60.0 Å². The standard InChI is InChI=1S/C31H33N5O6/c1-6-42-30(40)22-15-17-23(18-16-22)36(26(37)19-35-25-10-8-7-9-24(25)33-34-35)27(28(38)32-31(2,3)4)20-11-13-21(14-12-20)29(39)41-5/h7-18,27H,6,19H2,1-5H3,(H,32,38)/t27-/m1/s1. The van der Waals surface area contributed by atoms with Crippen LogP contribution in [-0.4, -0.2) is 58.0 Å². The SMILES string of the molecule is CCOC(=O)c1ccc(N(C(=O)Cn2nnc3ccccc32)[C@@H](C(=O)NC(C)(C)C)c2ccc(C(=O)OC)cc2)cc1. The molecule has 0 aliphatic heterocycles. The second-order valence-corrected chi connectivity index (χ2v) is 10.5. The first-order chi connectivity index (χ1) is 20.0. The lowest BCUT2D eigenvalue weighted by molar-refractivity contribution is -0.128. The van der Waals surface area contributed by atoms with Gasteiger partial charge in [0.25, 0.3) is 0 Å². The molecule has 42 heavy (non-hydrogen) atoms. The molecule has 11 heteroatoms. The molecular weight excluding hydrogens is 538 g/mol. The number of nitrogens with zero attached hydrogens (tertiary/aromatic N) is 4. The van der Waals surface area contributed by atoms with Gasteiger partial charge in [0.15, 0.2) is 0 Å². The van der Waals surface area contributed by atoms with E-state index < -0.39 is 35.3 Å². The number of benzene rings is 3. The van der Waals surface area contributed by atoms with Crippen molar-refractivity contribution in [2.75, 3.05) is 18.6 Å². The van der Waals surface area contributed by atoms with Gasteiger partial charge in [0.2, 0.25) is 11.8 Å². The Morgan fingerprint density at radius 3 is 2.14 bits per heavy atom. The molecule has 4 rings (SSSR count). The van der Waals surface area contributed by atoms with Gasteiger partial charge in [-0.1, -0.05) is 29.5 Å². The lowest BCUT2D eigenvalue weighted by Gasteiger charge is -2.34.